The number of hydrogen-bond donors (Lipinski definition) is 1. The minimum Gasteiger partial charge on any atom is -0.507 e. The lowest BCUT2D eigenvalue weighted by Crippen LogP contribution is -2.30. The summed E-state index contributed by atoms with van der Waals surface area (Å²) in [6.45, 7) is 2.61. The molecule has 0 aliphatic carbocycles. The number of ketones is 1. The quantitative estimate of drug-likeness (QED) is 0.227. The molecule has 3 aromatic carbocycles. The zero-order valence-electron chi connectivity index (χ0n) is 21.9. The van der Waals surface area contributed by atoms with Gasteiger partial charge in [0.05, 0.1) is 32.9 Å². The Kier molecular flexibility index (Phi) is 8.21. The minimum absolute atomic E-state index is 0.00400. The van der Waals surface area contributed by atoms with Crippen molar-refractivity contribution in [1.29, 1.82) is 0 Å². The molecule has 0 saturated carbocycles. The van der Waals surface area contributed by atoms with Crippen LogP contribution in [0, 0.1) is 0 Å². The zero-order chi connectivity index (χ0) is 27.2. The molecule has 1 N–H and O–H groups in total. The van der Waals surface area contributed by atoms with E-state index in [0.717, 1.165) is 5.56 Å². The second-order valence-corrected chi connectivity index (χ2v) is 8.75. The molecule has 1 fully saturated rings. The molecule has 3 aromatic rings. The molecule has 1 aliphatic heterocycles. The van der Waals surface area contributed by atoms with E-state index in [-0.39, 0.29) is 11.3 Å². The molecule has 1 atom stereocenters. The maximum Gasteiger partial charge on any atom is 0.295 e. The molecule has 4 rings (SSSR count). The summed E-state index contributed by atoms with van der Waals surface area (Å²) < 4.78 is 22.2. The summed E-state index contributed by atoms with van der Waals surface area (Å²) >= 11 is 0. The number of likely N-dealkylation sites (tertiary alicyclic amines) is 1. The number of benzene rings is 3. The first-order valence-corrected chi connectivity index (χ1v) is 12.3. The maximum atomic E-state index is 13.2. The first-order chi connectivity index (χ1) is 18.4. The molecule has 38 heavy (non-hydrogen) atoms. The van der Waals surface area contributed by atoms with Crippen LogP contribution in [-0.4, -0.2) is 49.6 Å². The number of carbonyl (C=O) groups is 2. The van der Waals surface area contributed by atoms with Crippen LogP contribution in [0.2, 0.25) is 0 Å². The summed E-state index contributed by atoms with van der Waals surface area (Å²) in [6, 6.07) is 19.0. The van der Waals surface area contributed by atoms with Gasteiger partial charge in [-0.3, -0.25) is 9.59 Å². The Morgan fingerprint density at radius 2 is 1.50 bits per heavy atom. The van der Waals surface area contributed by atoms with Gasteiger partial charge in [-0.2, -0.15) is 0 Å². The molecule has 8 nitrogen and oxygen atoms in total. The van der Waals surface area contributed by atoms with E-state index in [4.69, 9.17) is 18.9 Å². The molecule has 0 aromatic heterocycles. The van der Waals surface area contributed by atoms with Crippen LogP contribution in [0.1, 0.15) is 36.1 Å². The van der Waals surface area contributed by atoms with Gasteiger partial charge in [-0.1, -0.05) is 43.3 Å². The van der Waals surface area contributed by atoms with E-state index >= 15 is 0 Å². The molecule has 8 heteroatoms. The topological polar surface area (TPSA) is 94.5 Å². The Morgan fingerprint density at radius 3 is 2.16 bits per heavy atom. The highest BCUT2D eigenvalue weighted by Gasteiger charge is 2.46. The fraction of sp³-hybridized carbons (Fsp3) is 0.267. The van der Waals surface area contributed by atoms with Crippen molar-refractivity contribution in [2.45, 2.75) is 26.0 Å². The first-order valence-electron chi connectivity index (χ1n) is 12.3. The van der Waals surface area contributed by atoms with Crippen molar-refractivity contribution in [1.82, 2.24) is 4.90 Å². The molecule has 1 aliphatic rings. The number of methoxy groups -OCH3 is 3. The van der Waals surface area contributed by atoms with Crippen molar-refractivity contribution in [3.63, 3.8) is 0 Å². The third-order valence-corrected chi connectivity index (χ3v) is 6.40. The summed E-state index contributed by atoms with van der Waals surface area (Å²) in [7, 11) is 4.52. The molecule has 198 valence electrons. The largest absolute Gasteiger partial charge is 0.507 e. The number of rotatable bonds is 10. The van der Waals surface area contributed by atoms with E-state index in [0.29, 0.717) is 53.7 Å². The standard InChI is InChI=1S/C30H31NO7/c1-5-15-31-27(20-11-14-23(25(16-20)37-4)38-18-19-9-7-6-8-10-19)26(29(33)30(31)34)28(32)21-12-13-22(35-2)24(17-21)36-3/h6-14,16-17,27,32H,5,15,18H2,1-4H3/b28-26-. The lowest BCUT2D eigenvalue weighted by Gasteiger charge is -2.25. The number of carbonyl (C=O) groups excluding carboxylic acids is 2. The van der Waals surface area contributed by atoms with Crippen LogP contribution in [-0.2, 0) is 16.2 Å². The van der Waals surface area contributed by atoms with Crippen LogP contribution in [0.3, 0.4) is 0 Å². The number of amides is 1. The van der Waals surface area contributed by atoms with Crippen LogP contribution in [0.4, 0.5) is 0 Å². The van der Waals surface area contributed by atoms with E-state index in [9.17, 15) is 14.7 Å². The highest BCUT2D eigenvalue weighted by atomic mass is 16.5. The third kappa shape index (κ3) is 5.16. The number of hydrogen-bond acceptors (Lipinski definition) is 7. The summed E-state index contributed by atoms with van der Waals surface area (Å²) in [5, 5.41) is 11.3. The van der Waals surface area contributed by atoms with E-state index in [1.807, 2.05) is 37.3 Å². The van der Waals surface area contributed by atoms with Gasteiger partial charge in [0.25, 0.3) is 11.7 Å². The van der Waals surface area contributed by atoms with Crippen LogP contribution >= 0.6 is 0 Å². The van der Waals surface area contributed by atoms with Gasteiger partial charge in [-0.05, 0) is 47.9 Å². The van der Waals surface area contributed by atoms with Crippen LogP contribution in [0.5, 0.6) is 23.0 Å². The van der Waals surface area contributed by atoms with Gasteiger partial charge in [0.15, 0.2) is 23.0 Å². The van der Waals surface area contributed by atoms with Crippen molar-refractivity contribution in [2.24, 2.45) is 0 Å². The lowest BCUT2D eigenvalue weighted by atomic mass is 9.94. The highest BCUT2D eigenvalue weighted by molar-refractivity contribution is 6.46. The number of nitrogens with zero attached hydrogens (tertiary/aromatic N) is 1. The number of aliphatic hydroxyl groups is 1. The SMILES string of the molecule is CCCN1C(=O)C(=O)/C(=C(\O)c2ccc(OC)c(OC)c2)C1c1ccc(OCc2ccccc2)c(OC)c1. The summed E-state index contributed by atoms with van der Waals surface area (Å²) in [6.07, 6.45) is 0.634. The Bertz CT molecular complexity index is 1350. The second kappa shape index (κ2) is 11.7. The molecular weight excluding hydrogens is 486 g/mol. The monoisotopic (exact) mass is 517 g/mol. The van der Waals surface area contributed by atoms with Crippen LogP contribution in [0.25, 0.3) is 5.76 Å². The second-order valence-electron chi connectivity index (χ2n) is 8.75. The van der Waals surface area contributed by atoms with Crippen molar-refractivity contribution >= 4 is 17.4 Å². The molecule has 1 heterocycles. The van der Waals surface area contributed by atoms with Crippen LogP contribution in [0.15, 0.2) is 72.3 Å². The van der Waals surface area contributed by atoms with Crippen molar-refractivity contribution in [3.05, 3.63) is 89.0 Å². The van der Waals surface area contributed by atoms with Crippen molar-refractivity contribution in [2.75, 3.05) is 27.9 Å². The Morgan fingerprint density at radius 1 is 0.842 bits per heavy atom. The van der Waals surface area contributed by atoms with Gasteiger partial charge in [0, 0.05) is 12.1 Å². The minimum atomic E-state index is -0.805. The van der Waals surface area contributed by atoms with Crippen molar-refractivity contribution < 1.29 is 33.6 Å². The number of Topliss-reactive ketones (excluding diaryl/α,β-unsaturated/α-hetero) is 1. The predicted molar refractivity (Wildman–Crippen MR) is 143 cm³/mol. The fourth-order valence-corrected chi connectivity index (χ4v) is 4.55. The molecule has 0 radical (unpaired) electrons. The van der Waals surface area contributed by atoms with Gasteiger partial charge < -0.3 is 29.0 Å². The fourth-order valence-electron chi connectivity index (χ4n) is 4.55. The van der Waals surface area contributed by atoms with Gasteiger partial charge in [-0.25, -0.2) is 0 Å². The van der Waals surface area contributed by atoms with E-state index in [1.165, 1.54) is 26.2 Å². The van der Waals surface area contributed by atoms with Crippen molar-refractivity contribution in [3.8, 4) is 23.0 Å². The molecule has 0 bridgehead atoms. The normalized spacial score (nSPS) is 16.4. The molecule has 0 spiro atoms. The third-order valence-electron chi connectivity index (χ3n) is 6.40. The molecule has 1 unspecified atom stereocenters. The van der Waals surface area contributed by atoms with Gasteiger partial charge in [-0.15, -0.1) is 0 Å². The average Bonchev–Trinajstić information content (AvgIpc) is 3.20. The van der Waals surface area contributed by atoms with Gasteiger partial charge in [0.2, 0.25) is 0 Å². The Balaban J connectivity index is 1.77. The van der Waals surface area contributed by atoms with Gasteiger partial charge >= 0.3 is 0 Å². The zero-order valence-corrected chi connectivity index (χ0v) is 21.9. The predicted octanol–water partition coefficient (Wildman–Crippen LogP) is 5.12. The van der Waals surface area contributed by atoms with E-state index in [1.54, 1.807) is 36.4 Å². The Labute approximate surface area is 222 Å². The molecule has 1 saturated heterocycles. The lowest BCUT2D eigenvalue weighted by molar-refractivity contribution is -0.139. The molecular formula is C30H31NO7. The summed E-state index contributed by atoms with van der Waals surface area (Å²) in [5.41, 5.74) is 1.95. The number of aliphatic hydroxyl groups excluding tert-OH is 1. The maximum absolute atomic E-state index is 13.2. The average molecular weight is 518 g/mol. The van der Waals surface area contributed by atoms with E-state index < -0.39 is 17.7 Å². The summed E-state index contributed by atoms with van der Waals surface area (Å²) in [4.78, 5) is 27.8. The smallest absolute Gasteiger partial charge is 0.295 e. The van der Waals surface area contributed by atoms with Crippen LogP contribution < -0.4 is 18.9 Å². The Hall–Kier alpha value is -4.46. The highest BCUT2D eigenvalue weighted by Crippen LogP contribution is 2.43. The van der Waals surface area contributed by atoms with Gasteiger partial charge in [0.1, 0.15) is 12.4 Å². The first kappa shape index (κ1) is 26.6. The molecule has 1 amide bonds. The van der Waals surface area contributed by atoms with E-state index in [2.05, 4.69) is 0 Å². The summed E-state index contributed by atoms with van der Waals surface area (Å²) in [5.74, 6) is 0.122. The number of ether oxygens (including phenoxy) is 4.